The number of likely N-dealkylation sites (N-methyl/N-ethyl adjacent to an activating group) is 1. The number of nitrogens with one attached hydrogen (secondary N) is 1. The van der Waals surface area contributed by atoms with Gasteiger partial charge in [-0.25, -0.2) is 18.0 Å². The van der Waals surface area contributed by atoms with Gasteiger partial charge in [0.1, 0.15) is 15.9 Å². The molecule has 0 aromatic heterocycles. The summed E-state index contributed by atoms with van der Waals surface area (Å²) in [5, 5.41) is 11.2. The standard InChI is InChI=1S/C9H18N2O5S/c1-4-7(8(12)13)11(2)9(14)10-5-6-17(3,15)16/h7H,4-6H2,1-3H3,(H,10,14)(H,12,13). The van der Waals surface area contributed by atoms with E-state index in [1.54, 1.807) is 6.92 Å². The highest BCUT2D eigenvalue weighted by atomic mass is 32.2. The van der Waals surface area contributed by atoms with E-state index in [1.807, 2.05) is 0 Å². The van der Waals surface area contributed by atoms with Crippen LogP contribution in [0.15, 0.2) is 0 Å². The van der Waals surface area contributed by atoms with Gasteiger partial charge in [-0.3, -0.25) is 0 Å². The minimum absolute atomic E-state index is 0.0297. The van der Waals surface area contributed by atoms with Crippen LogP contribution in [0.1, 0.15) is 13.3 Å². The summed E-state index contributed by atoms with van der Waals surface area (Å²) in [5.74, 6) is -1.26. The number of nitrogens with zero attached hydrogens (tertiary/aromatic N) is 1. The first-order chi connectivity index (χ1) is 7.69. The number of urea groups is 1. The number of carboxylic acid groups (broad SMARTS) is 1. The quantitative estimate of drug-likeness (QED) is 0.676. The van der Waals surface area contributed by atoms with Crippen LogP contribution < -0.4 is 5.32 Å². The fraction of sp³-hybridized carbons (Fsp3) is 0.778. The Hall–Kier alpha value is -1.31. The van der Waals surface area contributed by atoms with Crippen LogP contribution in [0.3, 0.4) is 0 Å². The molecule has 7 nitrogen and oxygen atoms in total. The third-order valence-electron chi connectivity index (χ3n) is 2.21. The number of rotatable bonds is 6. The van der Waals surface area contributed by atoms with Crippen molar-refractivity contribution in [1.82, 2.24) is 10.2 Å². The maximum Gasteiger partial charge on any atom is 0.326 e. The van der Waals surface area contributed by atoms with Crippen molar-refractivity contribution in [2.75, 3.05) is 25.6 Å². The second-order valence-electron chi connectivity index (χ2n) is 3.73. The van der Waals surface area contributed by atoms with E-state index in [4.69, 9.17) is 5.11 Å². The van der Waals surface area contributed by atoms with Crippen LogP contribution in [0, 0.1) is 0 Å². The van der Waals surface area contributed by atoms with Crippen molar-refractivity contribution in [2.45, 2.75) is 19.4 Å². The number of sulfone groups is 1. The van der Waals surface area contributed by atoms with Gasteiger partial charge >= 0.3 is 12.0 Å². The van der Waals surface area contributed by atoms with Gasteiger partial charge in [-0.1, -0.05) is 6.92 Å². The van der Waals surface area contributed by atoms with Crippen molar-refractivity contribution in [3.8, 4) is 0 Å². The molecule has 0 heterocycles. The molecule has 0 aliphatic carbocycles. The summed E-state index contributed by atoms with van der Waals surface area (Å²) >= 11 is 0. The molecule has 2 N–H and O–H groups in total. The molecule has 0 saturated heterocycles. The largest absolute Gasteiger partial charge is 0.480 e. The van der Waals surface area contributed by atoms with Gasteiger partial charge in [-0.2, -0.15) is 0 Å². The highest BCUT2D eigenvalue weighted by molar-refractivity contribution is 7.90. The molecule has 1 atom stereocenters. The van der Waals surface area contributed by atoms with E-state index in [9.17, 15) is 18.0 Å². The molecule has 17 heavy (non-hydrogen) atoms. The average molecular weight is 266 g/mol. The Balaban J connectivity index is 4.27. The Kier molecular flexibility index (Phi) is 5.94. The molecule has 2 amide bonds. The van der Waals surface area contributed by atoms with Gasteiger partial charge in [0.25, 0.3) is 0 Å². The third kappa shape index (κ3) is 6.10. The topological polar surface area (TPSA) is 104 Å². The summed E-state index contributed by atoms with van der Waals surface area (Å²) in [4.78, 5) is 23.3. The number of carbonyl (C=O) groups excluding carboxylic acids is 1. The molecule has 0 aromatic rings. The lowest BCUT2D eigenvalue weighted by molar-refractivity contribution is -0.141. The van der Waals surface area contributed by atoms with E-state index in [0.717, 1.165) is 11.2 Å². The van der Waals surface area contributed by atoms with Crippen LogP contribution in [0.25, 0.3) is 0 Å². The molecule has 100 valence electrons. The number of hydrogen-bond acceptors (Lipinski definition) is 4. The Bertz CT molecular complexity index is 379. The van der Waals surface area contributed by atoms with Crippen LogP contribution in [0.5, 0.6) is 0 Å². The minimum Gasteiger partial charge on any atom is -0.480 e. The molecule has 0 fully saturated rings. The normalized spacial score (nSPS) is 12.9. The van der Waals surface area contributed by atoms with E-state index in [2.05, 4.69) is 5.32 Å². The van der Waals surface area contributed by atoms with E-state index in [1.165, 1.54) is 7.05 Å². The molecule has 0 aromatic carbocycles. The van der Waals surface area contributed by atoms with Crippen LogP contribution in [0.2, 0.25) is 0 Å². The summed E-state index contributed by atoms with van der Waals surface area (Å²) in [5.41, 5.74) is 0. The highest BCUT2D eigenvalue weighted by Crippen LogP contribution is 2.01. The molecule has 0 saturated carbocycles. The number of carboxylic acids is 1. The summed E-state index contributed by atoms with van der Waals surface area (Å²) in [6, 6.07) is -1.50. The van der Waals surface area contributed by atoms with Gasteiger partial charge in [-0.15, -0.1) is 0 Å². The summed E-state index contributed by atoms with van der Waals surface area (Å²) < 4.78 is 21.6. The van der Waals surface area contributed by atoms with E-state index >= 15 is 0 Å². The SMILES string of the molecule is CCC(C(=O)O)N(C)C(=O)NCCS(C)(=O)=O. The molecule has 0 radical (unpaired) electrons. The number of amides is 2. The van der Waals surface area contributed by atoms with Crippen LogP contribution >= 0.6 is 0 Å². The zero-order valence-corrected chi connectivity index (χ0v) is 11.0. The van der Waals surface area contributed by atoms with Crippen molar-refractivity contribution in [3.05, 3.63) is 0 Å². The first kappa shape index (κ1) is 15.7. The van der Waals surface area contributed by atoms with E-state index in [0.29, 0.717) is 0 Å². The summed E-state index contributed by atoms with van der Waals surface area (Å²) in [6.07, 6.45) is 1.35. The lowest BCUT2D eigenvalue weighted by atomic mass is 10.2. The van der Waals surface area contributed by atoms with Crippen LogP contribution in [-0.4, -0.2) is 62.1 Å². The van der Waals surface area contributed by atoms with Crippen molar-refractivity contribution >= 4 is 21.8 Å². The van der Waals surface area contributed by atoms with E-state index < -0.39 is 27.9 Å². The molecule has 1 unspecified atom stereocenters. The van der Waals surface area contributed by atoms with Crippen molar-refractivity contribution in [3.63, 3.8) is 0 Å². The Labute approximate surface area is 101 Å². The van der Waals surface area contributed by atoms with Gasteiger partial charge < -0.3 is 15.3 Å². The van der Waals surface area contributed by atoms with Crippen molar-refractivity contribution in [1.29, 1.82) is 0 Å². The number of hydrogen-bond donors (Lipinski definition) is 2. The smallest absolute Gasteiger partial charge is 0.326 e. The highest BCUT2D eigenvalue weighted by Gasteiger charge is 2.24. The van der Waals surface area contributed by atoms with Crippen LogP contribution in [0.4, 0.5) is 4.79 Å². The van der Waals surface area contributed by atoms with Gasteiger partial charge in [0.15, 0.2) is 0 Å². The fourth-order valence-electron chi connectivity index (χ4n) is 1.22. The molecule has 0 bridgehead atoms. The molecule has 0 rings (SSSR count). The molecular weight excluding hydrogens is 248 g/mol. The predicted octanol–water partition coefficient (Wildman–Crippen LogP) is -0.464. The van der Waals surface area contributed by atoms with Gasteiger partial charge in [0, 0.05) is 19.8 Å². The van der Waals surface area contributed by atoms with Crippen molar-refractivity contribution < 1.29 is 23.1 Å². The lowest BCUT2D eigenvalue weighted by Gasteiger charge is -2.23. The zero-order valence-electron chi connectivity index (χ0n) is 10.1. The second-order valence-corrected chi connectivity index (χ2v) is 5.99. The number of carbonyl (C=O) groups is 2. The average Bonchev–Trinajstić information content (AvgIpc) is 2.15. The molecule has 0 aliphatic heterocycles. The molecule has 0 spiro atoms. The Morgan fingerprint density at radius 3 is 2.29 bits per heavy atom. The summed E-state index contributed by atoms with van der Waals surface area (Å²) in [6.45, 7) is 1.62. The van der Waals surface area contributed by atoms with Crippen LogP contribution in [-0.2, 0) is 14.6 Å². The lowest BCUT2D eigenvalue weighted by Crippen LogP contribution is -2.47. The number of aliphatic carboxylic acids is 1. The Morgan fingerprint density at radius 2 is 1.94 bits per heavy atom. The Morgan fingerprint density at radius 1 is 1.41 bits per heavy atom. The molecule has 0 aliphatic rings. The van der Waals surface area contributed by atoms with Gasteiger partial charge in [0.2, 0.25) is 0 Å². The maximum atomic E-state index is 11.5. The zero-order chi connectivity index (χ0) is 13.6. The van der Waals surface area contributed by atoms with Crippen molar-refractivity contribution in [2.24, 2.45) is 0 Å². The molecule has 8 heteroatoms. The maximum absolute atomic E-state index is 11.5. The van der Waals surface area contributed by atoms with Gasteiger partial charge in [0.05, 0.1) is 5.75 Å². The first-order valence-corrected chi connectivity index (χ1v) is 7.16. The summed E-state index contributed by atoms with van der Waals surface area (Å²) in [7, 11) is -1.78. The third-order valence-corrected chi connectivity index (χ3v) is 3.15. The molecular formula is C9H18N2O5S. The fourth-order valence-corrected chi connectivity index (χ4v) is 1.70. The monoisotopic (exact) mass is 266 g/mol. The second kappa shape index (κ2) is 6.43. The van der Waals surface area contributed by atoms with E-state index in [-0.39, 0.29) is 18.7 Å². The minimum atomic E-state index is -3.14. The van der Waals surface area contributed by atoms with Gasteiger partial charge in [-0.05, 0) is 6.42 Å². The predicted molar refractivity (Wildman–Crippen MR) is 62.6 cm³/mol. The first-order valence-electron chi connectivity index (χ1n) is 5.10.